The molecule has 0 saturated carbocycles. The summed E-state index contributed by atoms with van der Waals surface area (Å²) < 4.78 is 0. The van der Waals surface area contributed by atoms with E-state index in [1.807, 2.05) is 0 Å². The van der Waals surface area contributed by atoms with Crippen molar-refractivity contribution in [2.75, 3.05) is 0 Å². The molecule has 5 heavy (non-hydrogen) atoms. The molecule has 0 saturated heterocycles. The second-order valence-corrected chi connectivity index (χ2v) is 0. The van der Waals surface area contributed by atoms with Crippen molar-refractivity contribution in [3.8, 4) is 0 Å². The van der Waals surface area contributed by atoms with Gasteiger partial charge in [0.1, 0.15) is 0 Å². The molecule has 0 aliphatic heterocycles. The van der Waals surface area contributed by atoms with Crippen molar-refractivity contribution in [2.24, 2.45) is 0 Å². The summed E-state index contributed by atoms with van der Waals surface area (Å²) in [7, 11) is 0. The number of rotatable bonds is 0. The fourth-order valence-corrected chi connectivity index (χ4v) is 0. The van der Waals surface area contributed by atoms with Gasteiger partial charge in [-0.25, -0.2) is 0 Å². The average molecular weight is 269 g/mol. The van der Waals surface area contributed by atoms with E-state index < -0.39 is 0 Å². The summed E-state index contributed by atoms with van der Waals surface area (Å²) in [5.41, 5.74) is 0. The molecule has 0 amide bonds. The van der Waals surface area contributed by atoms with Crippen LogP contribution in [-0.2, 0) is 26.2 Å². The van der Waals surface area contributed by atoms with E-state index in [4.69, 9.17) is 0 Å². The van der Waals surface area contributed by atoms with Gasteiger partial charge < -0.3 is 40.4 Å². The molecule has 3 N–H and O–H groups in total. The summed E-state index contributed by atoms with van der Waals surface area (Å²) in [6.45, 7) is 0. The molecule has 0 unspecified atom stereocenters. The molecule has 0 heterocycles. The average Bonchev–Trinajstić information content (AvgIpc) is 0. The molecule has 3 nitrogen and oxygen atoms in total. The normalized spacial score (nSPS) is 0. The number of hydrogen-bond donors (Lipinski definition) is 0. The van der Waals surface area contributed by atoms with Gasteiger partial charge in [-0.3, -0.25) is 0 Å². The molecule has 0 aromatic carbocycles. The van der Waals surface area contributed by atoms with Crippen molar-refractivity contribution < 1.29 is 66.6 Å². The molecule has 0 rings (SSSR count). The van der Waals surface area contributed by atoms with Crippen molar-refractivity contribution in [1.82, 2.24) is 0 Å². The summed E-state index contributed by atoms with van der Waals surface area (Å²) in [6, 6.07) is 0. The third-order valence-electron chi connectivity index (χ3n) is 0. The van der Waals surface area contributed by atoms with Crippen molar-refractivity contribution in [3.63, 3.8) is 0 Å². The summed E-state index contributed by atoms with van der Waals surface area (Å²) in [4.78, 5) is 0. The predicted octanol–water partition coefficient (Wildman–Crippen LogP) is -3.53. The quantitative estimate of drug-likeness (QED) is 0.427. The molecule has 0 spiro atoms. The maximum atomic E-state index is 0. The Bertz CT molecular complexity index is 6.85. The molecule has 0 radical (unpaired) electrons. The zero-order valence-electron chi connectivity index (χ0n) is 2.22. The minimum atomic E-state index is 0. The van der Waals surface area contributed by atoms with Crippen molar-refractivity contribution in [1.29, 1.82) is 0 Å². The van der Waals surface area contributed by atoms with Crippen LogP contribution in [0.5, 0.6) is 0 Å². The Hall–Kier alpha value is 1.49. The first-order valence-corrected chi connectivity index (χ1v) is 0. The summed E-state index contributed by atoms with van der Waals surface area (Å²) in [5.74, 6) is 0. The predicted molar refractivity (Wildman–Crippen MR) is 5.81 cm³/mol. The monoisotopic (exact) mass is 268 g/mol. The summed E-state index contributed by atoms with van der Waals surface area (Å²) >= 11 is 0. The Balaban J connectivity index is 0. The fourth-order valence-electron chi connectivity index (χ4n) is 0. The van der Waals surface area contributed by atoms with Gasteiger partial charge in [0, 0.05) is 0 Å². The third kappa shape index (κ3) is 30.1. The van der Waals surface area contributed by atoms with Gasteiger partial charge in [0.05, 0.1) is 0 Å². The van der Waals surface area contributed by atoms with Crippen LogP contribution in [0.15, 0.2) is 0 Å². The zero-order chi connectivity index (χ0) is 0. The standard InChI is InChI=1S/HI.3H2O.Zr/h1H;3*1H2;/q;;;;+4/p-4. The zero-order valence-corrected chi connectivity index (χ0v) is 6.84. The van der Waals surface area contributed by atoms with Gasteiger partial charge in [0.25, 0.3) is 0 Å². The smallest absolute Gasteiger partial charge is 1.00 e. The van der Waals surface area contributed by atoms with E-state index in [0.717, 1.165) is 0 Å². The Morgan fingerprint density at radius 3 is 0.600 bits per heavy atom. The Morgan fingerprint density at radius 1 is 0.600 bits per heavy atom. The van der Waals surface area contributed by atoms with Crippen LogP contribution >= 0.6 is 0 Å². The minimum Gasteiger partial charge on any atom is -1.00 e. The largest absolute Gasteiger partial charge is 4.00 e. The van der Waals surface area contributed by atoms with Crippen LogP contribution in [0.4, 0.5) is 0 Å². The van der Waals surface area contributed by atoms with Crippen LogP contribution in [0.2, 0.25) is 0 Å². The van der Waals surface area contributed by atoms with E-state index in [2.05, 4.69) is 0 Å². The van der Waals surface area contributed by atoms with Crippen LogP contribution in [0.1, 0.15) is 0 Å². The first-order chi connectivity index (χ1) is 0. The van der Waals surface area contributed by atoms with Gasteiger partial charge >= 0.3 is 26.2 Å². The van der Waals surface area contributed by atoms with Crippen LogP contribution in [0.3, 0.4) is 0 Å². The van der Waals surface area contributed by atoms with Gasteiger partial charge in [-0.1, -0.05) is 0 Å². The maximum Gasteiger partial charge on any atom is 4.00 e. The van der Waals surface area contributed by atoms with Gasteiger partial charge in [0.2, 0.25) is 0 Å². The van der Waals surface area contributed by atoms with Gasteiger partial charge in [-0.2, -0.15) is 0 Å². The molecule has 0 bridgehead atoms. The molecule has 0 aliphatic carbocycles. The van der Waals surface area contributed by atoms with Gasteiger partial charge in [0.15, 0.2) is 0 Å². The summed E-state index contributed by atoms with van der Waals surface area (Å²) in [5, 5.41) is 0. The molecule has 5 heteroatoms. The first-order valence-electron chi connectivity index (χ1n) is 0. The van der Waals surface area contributed by atoms with Crippen molar-refractivity contribution in [3.05, 3.63) is 0 Å². The van der Waals surface area contributed by atoms with E-state index in [0.29, 0.717) is 0 Å². The van der Waals surface area contributed by atoms with E-state index >= 15 is 0 Å². The Morgan fingerprint density at radius 2 is 0.600 bits per heavy atom. The van der Waals surface area contributed by atoms with E-state index in [1.54, 1.807) is 0 Å². The topological polar surface area (TPSA) is 90.0 Å². The molecule has 0 atom stereocenters. The van der Waals surface area contributed by atoms with Crippen LogP contribution < -0.4 is 24.0 Å². The van der Waals surface area contributed by atoms with Crippen molar-refractivity contribution >= 4 is 0 Å². The van der Waals surface area contributed by atoms with Gasteiger partial charge in [-0.15, -0.1) is 0 Å². The maximum absolute atomic E-state index is 0. The third-order valence-corrected chi connectivity index (χ3v) is 0. The first kappa shape index (κ1) is 87.9. The van der Waals surface area contributed by atoms with E-state index in [9.17, 15) is 0 Å². The molecule has 0 fully saturated rings. The second-order valence-electron chi connectivity index (χ2n) is 0. The number of hydrogen-bond acceptors (Lipinski definition) is 3. The Labute approximate surface area is 66.2 Å². The molecular formula is H3IO3Zr. The Kier molecular flexibility index (Phi) is 874. The molecule has 32 valence electrons. The van der Waals surface area contributed by atoms with Crippen LogP contribution in [0, 0.1) is 0 Å². The van der Waals surface area contributed by atoms with E-state index in [1.165, 1.54) is 0 Å². The fraction of sp³-hybridized carbons (Fsp3) is 0. The molecule has 0 aromatic heterocycles. The SMILES string of the molecule is [I-].[OH-].[OH-].[OH-].[Zr+4]. The second kappa shape index (κ2) is 49.7. The van der Waals surface area contributed by atoms with Crippen LogP contribution in [0.25, 0.3) is 0 Å². The van der Waals surface area contributed by atoms with E-state index in [-0.39, 0.29) is 66.6 Å². The van der Waals surface area contributed by atoms with Crippen LogP contribution in [-0.4, -0.2) is 16.4 Å². The number of halogens is 1. The summed E-state index contributed by atoms with van der Waals surface area (Å²) in [6.07, 6.45) is 0. The van der Waals surface area contributed by atoms with Crippen molar-refractivity contribution in [2.45, 2.75) is 0 Å². The van der Waals surface area contributed by atoms with Gasteiger partial charge in [-0.05, 0) is 0 Å². The molecule has 0 aromatic rings. The minimum absolute atomic E-state index is 0. The molecular weight excluding hydrogens is 266 g/mol. The molecule has 0 aliphatic rings.